The fourth-order valence-electron chi connectivity index (χ4n) is 6.28. The van der Waals surface area contributed by atoms with Crippen LogP contribution >= 0.6 is 0 Å². The summed E-state index contributed by atoms with van der Waals surface area (Å²) in [5.74, 6) is -2.67. The highest BCUT2D eigenvalue weighted by molar-refractivity contribution is 5.97. The van der Waals surface area contributed by atoms with Crippen LogP contribution in [0.15, 0.2) is 86.0 Å². The molecule has 270 valence electrons. The van der Waals surface area contributed by atoms with Gasteiger partial charge < -0.3 is 49.2 Å². The van der Waals surface area contributed by atoms with Crippen molar-refractivity contribution < 1.29 is 58.5 Å². The number of aliphatic hydroxyl groups excluding tert-OH is 2. The second-order valence-corrected chi connectivity index (χ2v) is 12.4. The quantitative estimate of drug-likeness (QED) is 0.0842. The van der Waals surface area contributed by atoms with Crippen molar-refractivity contribution in [3.63, 3.8) is 0 Å². The summed E-state index contributed by atoms with van der Waals surface area (Å²) in [5.41, 5.74) is 3.38. The lowest BCUT2D eigenvalue weighted by Crippen LogP contribution is -3.09. The number of hydrogen-bond donors (Lipinski definition) is 5. The molecular weight excluding hydrogens is 666 g/mol. The van der Waals surface area contributed by atoms with Crippen LogP contribution < -0.4 is 25.7 Å². The second-order valence-electron chi connectivity index (χ2n) is 12.4. The van der Waals surface area contributed by atoms with Crippen LogP contribution in [-0.2, 0) is 23.9 Å². The average Bonchev–Trinajstić information content (AvgIpc) is 3.70. The zero-order valence-corrected chi connectivity index (χ0v) is 27.9. The van der Waals surface area contributed by atoms with Crippen LogP contribution in [0.3, 0.4) is 0 Å². The predicted molar refractivity (Wildman–Crippen MR) is 178 cm³/mol. The van der Waals surface area contributed by atoms with E-state index in [1.165, 1.54) is 43.6 Å². The smallest absolute Gasteiger partial charge is 0.329 e. The lowest BCUT2D eigenvalue weighted by molar-refractivity contribution is -1.06. The molecule has 51 heavy (non-hydrogen) atoms. The van der Waals surface area contributed by atoms with Gasteiger partial charge in [0.2, 0.25) is 12.4 Å². The molecule has 3 aromatic rings. The first-order valence-corrected chi connectivity index (χ1v) is 16.7. The van der Waals surface area contributed by atoms with Gasteiger partial charge in [0.05, 0.1) is 16.9 Å². The molecular formula is C36H39N3O12. The third-order valence-corrected chi connectivity index (χ3v) is 9.04. The normalized spacial score (nSPS) is 24.7. The van der Waals surface area contributed by atoms with Crippen molar-refractivity contribution in [3.05, 3.63) is 82.0 Å². The number of carbonyl (C=O) groups excluding carboxylic acids is 2. The fourth-order valence-corrected chi connectivity index (χ4v) is 6.28. The van der Waals surface area contributed by atoms with Crippen molar-refractivity contribution in [3.8, 4) is 22.6 Å². The van der Waals surface area contributed by atoms with E-state index in [1.807, 2.05) is 6.08 Å². The van der Waals surface area contributed by atoms with Crippen molar-refractivity contribution in [2.45, 2.75) is 69.4 Å². The highest BCUT2D eigenvalue weighted by atomic mass is 16.8. The van der Waals surface area contributed by atoms with Crippen LogP contribution in [0.25, 0.3) is 22.1 Å². The van der Waals surface area contributed by atoms with Crippen LogP contribution in [0.2, 0.25) is 0 Å². The number of esters is 1. The van der Waals surface area contributed by atoms with Crippen molar-refractivity contribution in [2.24, 2.45) is 4.99 Å². The fraction of sp³-hybridized carbons (Fsp3) is 0.389. The molecule has 1 fully saturated rings. The van der Waals surface area contributed by atoms with Gasteiger partial charge >= 0.3 is 5.97 Å². The number of nitrogens with zero attached hydrogens (tertiary/aromatic N) is 1. The number of fused-ring (bicyclic) bond motifs is 2. The van der Waals surface area contributed by atoms with Crippen molar-refractivity contribution >= 4 is 29.1 Å². The molecule has 0 amide bonds. The van der Waals surface area contributed by atoms with Crippen molar-refractivity contribution in [1.29, 1.82) is 0 Å². The molecule has 3 aliphatic rings. The zero-order chi connectivity index (χ0) is 36.2. The standard InChI is InChI=1S/C36H39N3O12/c1-3-4-5-6-25-28-20(13-14-38-28)16-39(25)51-33-32(43)31(42)27(18-48-35(46)29(37-2)34(44)45)50-36(33)49-22-11-12-23-26(15-22)47-17-24(30(23)41)19-7-9-21(40)10-8-19/h7-15,17,27,29,31-33,36-37,40,42-43H,3-6,16,18H2,1-2H3,(H,44,45). The Morgan fingerprint density at radius 1 is 1.14 bits per heavy atom. The number of rotatable bonds is 14. The van der Waals surface area contributed by atoms with E-state index in [0.29, 0.717) is 23.6 Å². The molecule has 0 radical (unpaired) electrons. The molecule has 6 rings (SSSR count). The number of carbonyl (C=O) groups is 2. The molecule has 7 atom stereocenters. The Balaban J connectivity index is 1.27. The van der Waals surface area contributed by atoms with Gasteiger partial charge in [0, 0.05) is 24.3 Å². The molecule has 0 spiro atoms. The van der Waals surface area contributed by atoms with Gasteiger partial charge in [-0.2, -0.15) is 9.90 Å². The van der Waals surface area contributed by atoms with Gasteiger partial charge in [-0.15, -0.1) is 0 Å². The van der Waals surface area contributed by atoms with Crippen molar-refractivity contribution in [1.82, 2.24) is 5.32 Å². The van der Waals surface area contributed by atoms with E-state index in [2.05, 4.69) is 17.2 Å². The topological polar surface area (TPSA) is 214 Å². The van der Waals surface area contributed by atoms with E-state index in [1.54, 1.807) is 18.3 Å². The molecule has 7 unspecified atom stereocenters. The summed E-state index contributed by atoms with van der Waals surface area (Å²) in [6, 6.07) is 8.84. The molecule has 0 saturated carbocycles. The van der Waals surface area contributed by atoms with E-state index >= 15 is 0 Å². The summed E-state index contributed by atoms with van der Waals surface area (Å²) >= 11 is 0. The van der Waals surface area contributed by atoms with Gasteiger partial charge in [-0.05, 0) is 49.4 Å². The van der Waals surface area contributed by atoms with E-state index in [4.69, 9.17) is 23.5 Å². The third-order valence-electron chi connectivity index (χ3n) is 9.04. The number of carboxylic acids is 1. The molecule has 4 heterocycles. The maximum Gasteiger partial charge on any atom is 0.329 e. The number of nitrogens with one attached hydrogen (secondary N) is 2. The Bertz CT molecular complexity index is 1920. The molecule has 15 nitrogen and oxygen atoms in total. The van der Waals surface area contributed by atoms with E-state index in [-0.39, 0.29) is 33.5 Å². The number of benzene rings is 2. The minimum Gasteiger partial charge on any atom is -0.548 e. The molecule has 1 aromatic heterocycles. The molecule has 15 heteroatoms. The molecule has 0 bridgehead atoms. The summed E-state index contributed by atoms with van der Waals surface area (Å²) in [4.78, 5) is 48.0. The number of aromatic hydroxyl groups is 1. The van der Waals surface area contributed by atoms with Crippen LogP contribution in [0, 0.1) is 0 Å². The van der Waals surface area contributed by atoms with Gasteiger partial charge in [0.25, 0.3) is 0 Å². The van der Waals surface area contributed by atoms with Crippen LogP contribution in [-0.4, -0.2) is 90.4 Å². The number of allylic oxidation sites excluding steroid dienone is 2. The molecule has 0 aliphatic carbocycles. The van der Waals surface area contributed by atoms with E-state index < -0.39 is 55.3 Å². The van der Waals surface area contributed by atoms with Crippen LogP contribution in [0.5, 0.6) is 11.5 Å². The van der Waals surface area contributed by atoms with E-state index in [9.17, 15) is 34.8 Å². The number of phenolic OH excluding ortho intramolecular Hbond substituents is 1. The maximum atomic E-state index is 13.4. The summed E-state index contributed by atoms with van der Waals surface area (Å²) in [5, 5.41) is 46.6. The Kier molecular flexibility index (Phi) is 11.0. The third kappa shape index (κ3) is 7.58. The predicted octanol–water partition coefficient (Wildman–Crippen LogP) is -0.126. The largest absolute Gasteiger partial charge is 0.548 e. The molecule has 1 saturated heterocycles. The zero-order valence-electron chi connectivity index (χ0n) is 27.9. The number of hydroxylamine groups is 2. The van der Waals surface area contributed by atoms with Gasteiger partial charge in [-0.1, -0.05) is 31.9 Å². The van der Waals surface area contributed by atoms with Gasteiger partial charge in [-0.25, -0.2) is 4.79 Å². The number of aliphatic imine (C=N–C) groups is 1. The van der Waals surface area contributed by atoms with Gasteiger partial charge in [0.15, 0.2) is 11.1 Å². The first-order valence-electron chi connectivity index (χ1n) is 16.7. The highest BCUT2D eigenvalue weighted by Gasteiger charge is 2.51. The molecule has 3 aliphatic heterocycles. The first kappa shape index (κ1) is 35.9. The molecule has 2 aromatic carbocycles. The highest BCUT2D eigenvalue weighted by Crippen LogP contribution is 2.30. The monoisotopic (exact) mass is 705 g/mol. The SMILES string of the molecule is CCCCCC1=C2N=CC=C2C[NH+]1OC1C(Oc2ccc3c(=O)c(-c4ccc(O)cc4)coc3c2)OC(COC(=O)C(NC)C(=O)[O-])C(O)C1O. The number of likely N-dealkylation sites (N-methyl/N-ethyl adjacent to an activating group) is 1. The number of aliphatic carboxylic acids is 1. The number of carboxylic acid groups (broad SMARTS) is 1. The summed E-state index contributed by atoms with van der Waals surface area (Å²) < 4.78 is 23.2. The minimum absolute atomic E-state index is 0.0554. The van der Waals surface area contributed by atoms with E-state index in [0.717, 1.165) is 36.2 Å². The number of ether oxygens (including phenoxy) is 3. The average molecular weight is 706 g/mol. The number of unbranched alkanes of at least 4 members (excludes halogenated alkanes) is 2. The van der Waals surface area contributed by atoms with Crippen LogP contribution in [0.1, 0.15) is 32.6 Å². The Morgan fingerprint density at radius 3 is 2.65 bits per heavy atom. The lowest BCUT2D eigenvalue weighted by atomic mass is 9.99. The van der Waals surface area contributed by atoms with Crippen molar-refractivity contribution in [2.75, 3.05) is 20.2 Å². The van der Waals surface area contributed by atoms with Crippen LogP contribution in [0.4, 0.5) is 0 Å². The first-order chi connectivity index (χ1) is 24.6. The summed E-state index contributed by atoms with van der Waals surface area (Å²) in [6.07, 6.45) is 1.20. The molecule has 5 N–H and O–H groups in total. The Morgan fingerprint density at radius 2 is 1.92 bits per heavy atom. The number of phenols is 1. The number of aliphatic hydroxyl groups is 2. The number of hydrogen-bond acceptors (Lipinski definition) is 14. The minimum atomic E-state index is -1.77. The summed E-state index contributed by atoms with van der Waals surface area (Å²) in [6.45, 7) is 1.87. The Labute approximate surface area is 292 Å². The maximum absolute atomic E-state index is 13.4. The van der Waals surface area contributed by atoms with Gasteiger partial charge in [-0.3, -0.25) is 9.79 Å². The number of quaternary nitrogens is 1. The Hall–Kier alpha value is -4.90. The summed E-state index contributed by atoms with van der Waals surface area (Å²) in [7, 11) is 1.24. The second kappa shape index (κ2) is 15.6. The van der Waals surface area contributed by atoms with Gasteiger partial charge in [0.1, 0.15) is 66.5 Å². The lowest BCUT2D eigenvalue weighted by Gasteiger charge is -2.41.